The van der Waals surface area contributed by atoms with Crippen molar-refractivity contribution in [2.45, 2.75) is 6.92 Å². The molecule has 1 fully saturated rings. The highest BCUT2D eigenvalue weighted by molar-refractivity contribution is 7.18. The van der Waals surface area contributed by atoms with Crippen LogP contribution in [0, 0.1) is 0 Å². The van der Waals surface area contributed by atoms with Crippen LogP contribution in [-0.2, 0) is 0 Å². The number of benzene rings is 1. The van der Waals surface area contributed by atoms with Gasteiger partial charge in [-0.1, -0.05) is 18.3 Å². The molecule has 6 nitrogen and oxygen atoms in total. The van der Waals surface area contributed by atoms with E-state index in [4.69, 9.17) is 9.47 Å². The molecular weight excluding hydrogens is 312 g/mol. The summed E-state index contributed by atoms with van der Waals surface area (Å²) >= 11 is 1.60. The lowest BCUT2D eigenvalue weighted by Crippen LogP contribution is -2.46. The molecule has 2 aromatic rings. The van der Waals surface area contributed by atoms with Gasteiger partial charge in [-0.25, -0.2) is 0 Å². The summed E-state index contributed by atoms with van der Waals surface area (Å²) in [4.78, 5) is 4.75. The van der Waals surface area contributed by atoms with Gasteiger partial charge in [-0.05, 0) is 24.7 Å². The van der Waals surface area contributed by atoms with E-state index in [0.717, 1.165) is 59.9 Å². The molecule has 0 N–H and O–H groups in total. The van der Waals surface area contributed by atoms with E-state index < -0.39 is 0 Å². The van der Waals surface area contributed by atoms with Gasteiger partial charge < -0.3 is 19.3 Å². The Hall–Kier alpha value is -1.86. The molecule has 0 saturated carbocycles. The number of ether oxygens (including phenoxy) is 2. The highest BCUT2D eigenvalue weighted by Crippen LogP contribution is 2.37. The van der Waals surface area contributed by atoms with Crippen molar-refractivity contribution in [1.82, 2.24) is 15.1 Å². The van der Waals surface area contributed by atoms with Crippen LogP contribution in [0.25, 0.3) is 10.6 Å². The smallest absolute Gasteiger partial charge is 0.208 e. The number of nitrogens with zero attached hydrogens (tertiary/aromatic N) is 4. The van der Waals surface area contributed by atoms with Crippen molar-refractivity contribution in [3.63, 3.8) is 0 Å². The molecule has 0 radical (unpaired) electrons. The van der Waals surface area contributed by atoms with Crippen LogP contribution in [0.1, 0.15) is 6.92 Å². The van der Waals surface area contributed by atoms with Gasteiger partial charge in [-0.3, -0.25) is 0 Å². The van der Waals surface area contributed by atoms with Crippen molar-refractivity contribution in [2.24, 2.45) is 0 Å². The molecule has 1 aromatic heterocycles. The van der Waals surface area contributed by atoms with E-state index in [1.807, 2.05) is 18.2 Å². The zero-order chi connectivity index (χ0) is 16.2. The molecule has 1 aliphatic rings. The zero-order valence-electron chi connectivity index (χ0n) is 13.8. The van der Waals surface area contributed by atoms with Gasteiger partial charge in [0.15, 0.2) is 5.01 Å². The van der Waals surface area contributed by atoms with E-state index in [0.29, 0.717) is 0 Å². The van der Waals surface area contributed by atoms with E-state index in [9.17, 15) is 0 Å². The van der Waals surface area contributed by atoms with Gasteiger partial charge in [0, 0.05) is 26.2 Å². The lowest BCUT2D eigenvalue weighted by Gasteiger charge is -2.33. The van der Waals surface area contributed by atoms with Gasteiger partial charge in [-0.2, -0.15) is 0 Å². The van der Waals surface area contributed by atoms with E-state index in [2.05, 4.69) is 26.9 Å². The van der Waals surface area contributed by atoms with Crippen molar-refractivity contribution < 1.29 is 9.47 Å². The van der Waals surface area contributed by atoms with Crippen LogP contribution < -0.4 is 14.4 Å². The van der Waals surface area contributed by atoms with Crippen LogP contribution in [0.3, 0.4) is 0 Å². The predicted molar refractivity (Wildman–Crippen MR) is 92.8 cm³/mol. The lowest BCUT2D eigenvalue weighted by molar-refractivity contribution is 0.271. The molecule has 0 unspecified atom stereocenters. The van der Waals surface area contributed by atoms with E-state index in [1.165, 1.54) is 0 Å². The first-order chi connectivity index (χ1) is 11.2. The number of rotatable bonds is 5. The molecule has 0 atom stereocenters. The Bertz CT molecular complexity index is 653. The highest BCUT2D eigenvalue weighted by atomic mass is 32.1. The Morgan fingerprint density at radius 1 is 1.09 bits per heavy atom. The fraction of sp³-hybridized carbons (Fsp3) is 0.500. The Morgan fingerprint density at radius 2 is 1.87 bits per heavy atom. The molecule has 124 valence electrons. The number of hydrogen-bond acceptors (Lipinski definition) is 7. The molecule has 7 heteroatoms. The quantitative estimate of drug-likeness (QED) is 0.837. The van der Waals surface area contributed by atoms with E-state index in [1.54, 1.807) is 25.6 Å². The van der Waals surface area contributed by atoms with Crippen molar-refractivity contribution >= 4 is 16.5 Å². The van der Waals surface area contributed by atoms with Crippen molar-refractivity contribution in [2.75, 3.05) is 51.8 Å². The minimum absolute atomic E-state index is 0.782. The number of aromatic nitrogens is 2. The van der Waals surface area contributed by atoms with Crippen LogP contribution in [-0.4, -0.2) is 62.0 Å². The third-order valence-electron chi connectivity index (χ3n) is 4.14. The summed E-state index contributed by atoms with van der Waals surface area (Å²) < 4.78 is 10.8. The third-order valence-corrected chi connectivity index (χ3v) is 5.16. The first-order valence-corrected chi connectivity index (χ1v) is 8.60. The summed E-state index contributed by atoms with van der Waals surface area (Å²) in [6, 6.07) is 5.72. The molecule has 23 heavy (non-hydrogen) atoms. The Kier molecular flexibility index (Phi) is 4.97. The maximum absolute atomic E-state index is 5.45. The second-order valence-electron chi connectivity index (χ2n) is 5.38. The van der Waals surface area contributed by atoms with Gasteiger partial charge in [0.1, 0.15) is 11.5 Å². The van der Waals surface area contributed by atoms with E-state index >= 15 is 0 Å². The van der Waals surface area contributed by atoms with Crippen molar-refractivity contribution in [3.05, 3.63) is 18.2 Å². The third kappa shape index (κ3) is 3.40. The topological polar surface area (TPSA) is 50.7 Å². The molecule has 0 amide bonds. The predicted octanol–water partition coefficient (Wildman–Crippen LogP) is 2.36. The van der Waals surface area contributed by atoms with Crippen LogP contribution in [0.4, 0.5) is 5.13 Å². The van der Waals surface area contributed by atoms with Crippen LogP contribution >= 0.6 is 11.3 Å². The van der Waals surface area contributed by atoms with Gasteiger partial charge in [-0.15, -0.1) is 10.2 Å². The van der Waals surface area contributed by atoms with E-state index in [-0.39, 0.29) is 0 Å². The first-order valence-electron chi connectivity index (χ1n) is 7.78. The maximum Gasteiger partial charge on any atom is 0.208 e. The lowest BCUT2D eigenvalue weighted by atomic mass is 10.2. The molecule has 2 heterocycles. The molecule has 3 rings (SSSR count). The first kappa shape index (κ1) is 16.0. The Balaban J connectivity index is 1.82. The molecule has 1 aromatic carbocycles. The monoisotopic (exact) mass is 334 g/mol. The fourth-order valence-electron chi connectivity index (χ4n) is 2.69. The number of anilines is 1. The Morgan fingerprint density at radius 3 is 2.52 bits per heavy atom. The summed E-state index contributed by atoms with van der Waals surface area (Å²) in [6.45, 7) is 7.46. The number of methoxy groups -OCH3 is 2. The molecule has 0 spiro atoms. The van der Waals surface area contributed by atoms with Gasteiger partial charge >= 0.3 is 0 Å². The number of hydrogen-bond donors (Lipinski definition) is 0. The summed E-state index contributed by atoms with van der Waals surface area (Å²) in [5.74, 6) is 1.57. The number of likely N-dealkylation sites (N-methyl/N-ethyl adjacent to an activating group) is 1. The van der Waals surface area contributed by atoms with Crippen molar-refractivity contribution in [1.29, 1.82) is 0 Å². The molecular formula is C16H22N4O2S. The molecule has 1 saturated heterocycles. The highest BCUT2D eigenvalue weighted by Gasteiger charge is 2.20. The molecule has 0 aliphatic carbocycles. The largest absolute Gasteiger partial charge is 0.497 e. The summed E-state index contributed by atoms with van der Waals surface area (Å²) in [5.41, 5.74) is 0.919. The SMILES string of the molecule is CCN1CCN(c2nnc(-c3cc(OC)ccc3OC)s2)CC1. The molecule has 0 bridgehead atoms. The zero-order valence-corrected chi connectivity index (χ0v) is 14.6. The summed E-state index contributed by atoms with van der Waals surface area (Å²) in [7, 11) is 3.32. The van der Waals surface area contributed by atoms with Crippen LogP contribution in [0.2, 0.25) is 0 Å². The summed E-state index contributed by atoms with van der Waals surface area (Å²) in [6.07, 6.45) is 0. The van der Waals surface area contributed by atoms with Gasteiger partial charge in [0.2, 0.25) is 5.13 Å². The number of piperazine rings is 1. The standard InChI is InChI=1S/C16H22N4O2S/c1-4-19-7-9-20(10-8-19)16-18-17-15(23-16)13-11-12(21-2)5-6-14(13)22-3/h5-6,11H,4,7-10H2,1-3H3. The average molecular weight is 334 g/mol. The minimum atomic E-state index is 0.782. The van der Waals surface area contributed by atoms with Gasteiger partial charge in [0.25, 0.3) is 0 Å². The second-order valence-corrected chi connectivity index (χ2v) is 6.33. The summed E-state index contributed by atoms with van der Waals surface area (Å²) in [5, 5.41) is 10.6. The Labute approximate surface area is 140 Å². The average Bonchev–Trinajstić information content (AvgIpc) is 3.11. The maximum atomic E-state index is 5.45. The van der Waals surface area contributed by atoms with Crippen LogP contribution in [0.5, 0.6) is 11.5 Å². The fourth-order valence-corrected chi connectivity index (χ4v) is 3.61. The normalized spacial score (nSPS) is 15.7. The second kappa shape index (κ2) is 7.14. The van der Waals surface area contributed by atoms with Gasteiger partial charge in [0.05, 0.1) is 19.8 Å². The van der Waals surface area contributed by atoms with Crippen molar-refractivity contribution in [3.8, 4) is 22.1 Å². The molecule has 1 aliphatic heterocycles. The van der Waals surface area contributed by atoms with Crippen LogP contribution in [0.15, 0.2) is 18.2 Å². The minimum Gasteiger partial charge on any atom is -0.497 e.